The van der Waals surface area contributed by atoms with Crippen molar-refractivity contribution in [1.82, 2.24) is 0 Å². The van der Waals surface area contributed by atoms with E-state index in [1.54, 1.807) is 0 Å². The van der Waals surface area contributed by atoms with Gasteiger partial charge < -0.3 is 5.32 Å². The highest BCUT2D eigenvalue weighted by Gasteiger charge is 2.03. The van der Waals surface area contributed by atoms with Crippen molar-refractivity contribution in [1.29, 1.82) is 0 Å². The van der Waals surface area contributed by atoms with Crippen LogP contribution in [0.25, 0.3) is 0 Å². The number of rotatable bonds is 6. The lowest BCUT2D eigenvalue weighted by atomic mass is 10.1. The minimum atomic E-state index is 0.868. The van der Waals surface area contributed by atoms with Crippen molar-refractivity contribution in [2.75, 3.05) is 5.32 Å². The van der Waals surface area contributed by atoms with E-state index in [1.165, 1.54) is 11.1 Å². The number of hydrogen-bond donors (Lipinski definition) is 1. The molecule has 19 heavy (non-hydrogen) atoms. The van der Waals surface area contributed by atoms with E-state index in [0.29, 0.717) is 0 Å². The van der Waals surface area contributed by atoms with E-state index in [-0.39, 0.29) is 0 Å². The van der Waals surface area contributed by atoms with Gasteiger partial charge in [-0.3, -0.25) is 0 Å². The lowest BCUT2D eigenvalue weighted by molar-refractivity contribution is 1.24. The van der Waals surface area contributed by atoms with E-state index in [4.69, 9.17) is 0 Å². The van der Waals surface area contributed by atoms with Gasteiger partial charge in [-0.15, -0.1) is 13.2 Å². The van der Waals surface area contributed by atoms with Crippen LogP contribution in [0.15, 0.2) is 73.8 Å². The van der Waals surface area contributed by atoms with Crippen LogP contribution >= 0.6 is 0 Å². The summed E-state index contributed by atoms with van der Waals surface area (Å²) in [4.78, 5) is 0. The number of para-hydroxylation sites is 2. The van der Waals surface area contributed by atoms with Crippen LogP contribution in [0.1, 0.15) is 11.1 Å². The molecule has 0 saturated carbocycles. The molecule has 0 fully saturated rings. The van der Waals surface area contributed by atoms with Gasteiger partial charge >= 0.3 is 0 Å². The van der Waals surface area contributed by atoms with E-state index < -0.39 is 0 Å². The van der Waals surface area contributed by atoms with Crippen LogP contribution in [0.2, 0.25) is 0 Å². The summed E-state index contributed by atoms with van der Waals surface area (Å²) in [7, 11) is 0. The first-order valence-corrected chi connectivity index (χ1v) is 6.49. The summed E-state index contributed by atoms with van der Waals surface area (Å²) >= 11 is 0. The Morgan fingerprint density at radius 1 is 0.737 bits per heavy atom. The third-order valence-corrected chi connectivity index (χ3v) is 3.03. The Kier molecular flexibility index (Phi) is 4.57. The molecule has 0 aliphatic heterocycles. The zero-order valence-electron chi connectivity index (χ0n) is 11.1. The van der Waals surface area contributed by atoms with Crippen LogP contribution in [0.4, 0.5) is 11.4 Å². The van der Waals surface area contributed by atoms with Crippen molar-refractivity contribution in [2.24, 2.45) is 0 Å². The highest BCUT2D eigenvalue weighted by molar-refractivity contribution is 5.66. The summed E-state index contributed by atoms with van der Waals surface area (Å²) in [6, 6.07) is 16.7. The predicted octanol–water partition coefficient (Wildman–Crippen LogP) is 4.89. The van der Waals surface area contributed by atoms with Crippen molar-refractivity contribution < 1.29 is 0 Å². The Balaban J connectivity index is 2.30. The summed E-state index contributed by atoms with van der Waals surface area (Å²) < 4.78 is 0. The Morgan fingerprint density at radius 3 is 1.58 bits per heavy atom. The minimum absolute atomic E-state index is 0.868. The monoisotopic (exact) mass is 249 g/mol. The summed E-state index contributed by atoms with van der Waals surface area (Å²) in [6.07, 6.45) is 5.59. The Morgan fingerprint density at radius 2 is 1.16 bits per heavy atom. The molecule has 0 bridgehead atoms. The molecule has 0 unspecified atom stereocenters. The molecule has 96 valence electrons. The molecule has 0 amide bonds. The van der Waals surface area contributed by atoms with Crippen molar-refractivity contribution in [3.8, 4) is 0 Å². The Bertz CT molecular complexity index is 518. The van der Waals surface area contributed by atoms with Crippen LogP contribution in [-0.2, 0) is 12.8 Å². The molecule has 2 aromatic rings. The topological polar surface area (TPSA) is 12.0 Å². The molecule has 0 atom stereocenters. The third kappa shape index (κ3) is 3.35. The molecule has 1 N–H and O–H groups in total. The molecule has 2 aromatic carbocycles. The first kappa shape index (κ1) is 13.2. The average molecular weight is 249 g/mol. The standard InChI is InChI=1S/C18H19N/c1-3-9-15-11-5-7-13-17(15)19-18-14-8-6-12-16(18)10-4-2/h3-8,11-14,19H,1-2,9-10H2. The molecule has 0 aliphatic carbocycles. The second-order valence-electron chi connectivity index (χ2n) is 4.42. The van der Waals surface area contributed by atoms with E-state index in [1.807, 2.05) is 24.3 Å². The van der Waals surface area contributed by atoms with E-state index >= 15 is 0 Å². The maximum atomic E-state index is 3.81. The second-order valence-corrected chi connectivity index (χ2v) is 4.42. The third-order valence-electron chi connectivity index (χ3n) is 3.03. The highest BCUT2D eigenvalue weighted by atomic mass is 14.9. The van der Waals surface area contributed by atoms with E-state index in [0.717, 1.165) is 24.2 Å². The van der Waals surface area contributed by atoms with Crippen molar-refractivity contribution in [3.05, 3.63) is 85.0 Å². The molecule has 0 saturated heterocycles. The smallest absolute Gasteiger partial charge is 0.0420 e. The van der Waals surface area contributed by atoms with Gasteiger partial charge in [0.15, 0.2) is 0 Å². The zero-order chi connectivity index (χ0) is 13.5. The Labute approximate surface area is 115 Å². The van der Waals surface area contributed by atoms with Gasteiger partial charge in [0.05, 0.1) is 0 Å². The van der Waals surface area contributed by atoms with Crippen LogP contribution < -0.4 is 5.32 Å². The molecule has 2 rings (SSSR count). The van der Waals surface area contributed by atoms with Crippen molar-refractivity contribution in [3.63, 3.8) is 0 Å². The molecule has 0 radical (unpaired) electrons. The fraction of sp³-hybridized carbons (Fsp3) is 0.111. The minimum Gasteiger partial charge on any atom is -0.355 e. The highest BCUT2D eigenvalue weighted by Crippen LogP contribution is 2.24. The largest absolute Gasteiger partial charge is 0.355 e. The van der Waals surface area contributed by atoms with E-state index in [2.05, 4.69) is 54.9 Å². The van der Waals surface area contributed by atoms with Crippen molar-refractivity contribution in [2.45, 2.75) is 12.8 Å². The first-order valence-electron chi connectivity index (χ1n) is 6.49. The second kappa shape index (κ2) is 6.60. The normalized spacial score (nSPS) is 9.89. The fourth-order valence-corrected chi connectivity index (χ4v) is 2.10. The fourth-order valence-electron chi connectivity index (χ4n) is 2.10. The van der Waals surface area contributed by atoms with Crippen LogP contribution in [-0.4, -0.2) is 0 Å². The average Bonchev–Trinajstić information content (AvgIpc) is 2.44. The molecule has 0 spiro atoms. The molecule has 1 nitrogen and oxygen atoms in total. The van der Waals surface area contributed by atoms with Crippen molar-refractivity contribution >= 4 is 11.4 Å². The summed E-state index contributed by atoms with van der Waals surface area (Å²) in [6.45, 7) is 7.62. The van der Waals surface area contributed by atoms with Crippen LogP contribution in [0, 0.1) is 0 Å². The number of anilines is 2. The van der Waals surface area contributed by atoms with E-state index in [9.17, 15) is 0 Å². The number of hydrogen-bond acceptors (Lipinski definition) is 1. The maximum Gasteiger partial charge on any atom is 0.0420 e. The predicted molar refractivity (Wildman–Crippen MR) is 84.0 cm³/mol. The summed E-state index contributed by atoms with van der Waals surface area (Å²) in [5, 5.41) is 3.52. The van der Waals surface area contributed by atoms with Gasteiger partial charge in [0.2, 0.25) is 0 Å². The molecular formula is C18H19N. The number of allylic oxidation sites excluding steroid dienone is 2. The Hall–Kier alpha value is -2.28. The van der Waals surface area contributed by atoms with Crippen LogP contribution in [0.3, 0.4) is 0 Å². The van der Waals surface area contributed by atoms with Gasteiger partial charge in [0.1, 0.15) is 0 Å². The first-order chi connectivity index (χ1) is 9.35. The SMILES string of the molecule is C=CCc1ccccc1Nc1ccccc1CC=C. The van der Waals surface area contributed by atoms with Gasteiger partial charge in [0.25, 0.3) is 0 Å². The lowest BCUT2D eigenvalue weighted by Crippen LogP contribution is -1.98. The van der Waals surface area contributed by atoms with Gasteiger partial charge in [-0.25, -0.2) is 0 Å². The van der Waals surface area contributed by atoms with Gasteiger partial charge in [0, 0.05) is 11.4 Å². The zero-order valence-corrected chi connectivity index (χ0v) is 11.1. The van der Waals surface area contributed by atoms with Crippen LogP contribution in [0.5, 0.6) is 0 Å². The number of benzene rings is 2. The van der Waals surface area contributed by atoms with Gasteiger partial charge in [-0.1, -0.05) is 48.6 Å². The molecule has 0 aromatic heterocycles. The molecule has 0 heterocycles. The van der Waals surface area contributed by atoms with Gasteiger partial charge in [-0.2, -0.15) is 0 Å². The molecule has 1 heteroatoms. The quantitative estimate of drug-likeness (QED) is 0.719. The lowest BCUT2D eigenvalue weighted by Gasteiger charge is -2.14. The van der Waals surface area contributed by atoms with Gasteiger partial charge in [-0.05, 0) is 36.1 Å². The molecular weight excluding hydrogens is 230 g/mol. The summed E-state index contributed by atoms with van der Waals surface area (Å²) in [5.41, 5.74) is 4.79. The maximum absolute atomic E-state index is 3.81. The molecule has 0 aliphatic rings. The number of nitrogens with one attached hydrogen (secondary N) is 1. The summed E-state index contributed by atoms with van der Waals surface area (Å²) in [5.74, 6) is 0.